The SMILES string of the molecule is CC(C)Oc1ccc(-c2nc(-c3ccc4c(c3)CN(C(=O)OC(C)(C)C)CCO4)no2)cc1C#N. The van der Waals surface area contributed by atoms with Gasteiger partial charge < -0.3 is 23.6 Å². The summed E-state index contributed by atoms with van der Waals surface area (Å²) in [4.78, 5) is 18.7. The highest BCUT2D eigenvalue weighted by Crippen LogP contribution is 2.31. The minimum atomic E-state index is -0.583. The number of hydrogen-bond donors (Lipinski definition) is 0. The number of benzene rings is 2. The lowest BCUT2D eigenvalue weighted by Crippen LogP contribution is -2.37. The quantitative estimate of drug-likeness (QED) is 0.506. The minimum Gasteiger partial charge on any atom is -0.491 e. The highest BCUT2D eigenvalue weighted by molar-refractivity contribution is 5.69. The Labute approximate surface area is 204 Å². The first-order valence-electron chi connectivity index (χ1n) is 11.4. The van der Waals surface area contributed by atoms with Crippen molar-refractivity contribution in [3.63, 3.8) is 0 Å². The van der Waals surface area contributed by atoms with Crippen LogP contribution in [0.2, 0.25) is 0 Å². The lowest BCUT2D eigenvalue weighted by molar-refractivity contribution is 0.0225. The van der Waals surface area contributed by atoms with E-state index in [1.165, 1.54) is 0 Å². The monoisotopic (exact) mass is 476 g/mol. The van der Waals surface area contributed by atoms with Crippen molar-refractivity contribution in [3.8, 4) is 40.4 Å². The van der Waals surface area contributed by atoms with E-state index >= 15 is 0 Å². The summed E-state index contributed by atoms with van der Waals surface area (Å²) >= 11 is 0. The van der Waals surface area contributed by atoms with Gasteiger partial charge in [0, 0.05) is 16.7 Å². The van der Waals surface area contributed by atoms with E-state index in [0.29, 0.717) is 53.7 Å². The Bertz CT molecular complexity index is 1270. The van der Waals surface area contributed by atoms with E-state index < -0.39 is 5.60 Å². The third-order valence-corrected chi connectivity index (χ3v) is 5.09. The van der Waals surface area contributed by atoms with E-state index in [2.05, 4.69) is 16.2 Å². The number of rotatable bonds is 4. The van der Waals surface area contributed by atoms with Crippen molar-refractivity contribution in [2.45, 2.75) is 52.9 Å². The Morgan fingerprint density at radius 1 is 1.17 bits per heavy atom. The van der Waals surface area contributed by atoms with Crippen molar-refractivity contribution in [2.75, 3.05) is 13.2 Å². The lowest BCUT2D eigenvalue weighted by atomic mass is 10.1. The van der Waals surface area contributed by atoms with E-state index in [1.54, 1.807) is 23.1 Å². The molecule has 3 aromatic rings. The summed E-state index contributed by atoms with van der Waals surface area (Å²) in [6.07, 6.45) is -0.439. The van der Waals surface area contributed by atoms with E-state index in [0.717, 1.165) is 5.56 Å². The molecule has 0 fully saturated rings. The smallest absolute Gasteiger partial charge is 0.410 e. The fraction of sp³-hybridized carbons (Fsp3) is 0.385. The highest BCUT2D eigenvalue weighted by Gasteiger charge is 2.26. The van der Waals surface area contributed by atoms with Crippen LogP contribution in [0.1, 0.15) is 45.7 Å². The number of amides is 1. The van der Waals surface area contributed by atoms with Crippen LogP contribution in [-0.2, 0) is 11.3 Å². The fourth-order valence-corrected chi connectivity index (χ4v) is 3.58. The Hall–Kier alpha value is -4.06. The molecule has 0 bridgehead atoms. The molecule has 4 rings (SSSR count). The number of fused-ring (bicyclic) bond motifs is 1. The molecule has 0 spiro atoms. The van der Waals surface area contributed by atoms with Crippen LogP contribution >= 0.6 is 0 Å². The Balaban J connectivity index is 1.58. The Kier molecular flexibility index (Phi) is 6.65. The molecule has 9 nitrogen and oxygen atoms in total. The molecule has 0 N–H and O–H groups in total. The summed E-state index contributed by atoms with van der Waals surface area (Å²) in [5.41, 5.74) is 1.96. The second-order valence-corrected chi connectivity index (χ2v) is 9.49. The van der Waals surface area contributed by atoms with Crippen molar-refractivity contribution in [3.05, 3.63) is 47.5 Å². The predicted octanol–water partition coefficient (Wildman–Crippen LogP) is 5.19. The van der Waals surface area contributed by atoms with Gasteiger partial charge in [-0.05, 0) is 71.0 Å². The number of carbonyl (C=O) groups is 1. The van der Waals surface area contributed by atoms with Gasteiger partial charge in [0.2, 0.25) is 5.82 Å². The molecule has 0 saturated heterocycles. The molecule has 0 aliphatic carbocycles. The van der Waals surface area contributed by atoms with Crippen LogP contribution < -0.4 is 9.47 Å². The molecule has 1 aliphatic rings. The molecular weight excluding hydrogens is 448 g/mol. The lowest BCUT2D eigenvalue weighted by Gasteiger charge is -2.26. The molecule has 182 valence electrons. The van der Waals surface area contributed by atoms with Crippen LogP contribution in [-0.4, -0.2) is 46.0 Å². The largest absolute Gasteiger partial charge is 0.491 e. The van der Waals surface area contributed by atoms with Gasteiger partial charge in [0.25, 0.3) is 5.89 Å². The van der Waals surface area contributed by atoms with Gasteiger partial charge in [-0.15, -0.1) is 0 Å². The van der Waals surface area contributed by atoms with Crippen molar-refractivity contribution < 1.29 is 23.5 Å². The maximum absolute atomic E-state index is 12.6. The molecule has 0 unspecified atom stereocenters. The summed E-state index contributed by atoms with van der Waals surface area (Å²) in [6, 6.07) is 12.9. The average molecular weight is 477 g/mol. The number of hydrogen-bond acceptors (Lipinski definition) is 8. The Morgan fingerprint density at radius 2 is 1.94 bits per heavy atom. The van der Waals surface area contributed by atoms with E-state index in [9.17, 15) is 10.1 Å². The zero-order valence-corrected chi connectivity index (χ0v) is 20.5. The molecule has 35 heavy (non-hydrogen) atoms. The first-order chi connectivity index (χ1) is 16.6. The second kappa shape index (κ2) is 9.66. The summed E-state index contributed by atoms with van der Waals surface area (Å²) in [6.45, 7) is 10.4. The topological polar surface area (TPSA) is 111 Å². The van der Waals surface area contributed by atoms with Gasteiger partial charge in [0.05, 0.1) is 24.8 Å². The molecule has 1 aliphatic heterocycles. The number of carbonyl (C=O) groups excluding carboxylic acids is 1. The minimum absolute atomic E-state index is 0.0496. The molecule has 0 radical (unpaired) electrons. The van der Waals surface area contributed by atoms with E-state index in [1.807, 2.05) is 52.8 Å². The molecule has 1 amide bonds. The average Bonchev–Trinajstić information content (AvgIpc) is 3.18. The van der Waals surface area contributed by atoms with Crippen molar-refractivity contribution in [1.29, 1.82) is 5.26 Å². The molecule has 2 heterocycles. The van der Waals surface area contributed by atoms with Gasteiger partial charge in [0.1, 0.15) is 29.8 Å². The van der Waals surface area contributed by atoms with Gasteiger partial charge in [-0.2, -0.15) is 10.2 Å². The van der Waals surface area contributed by atoms with Gasteiger partial charge in [0.15, 0.2) is 0 Å². The maximum Gasteiger partial charge on any atom is 0.410 e. The maximum atomic E-state index is 12.6. The summed E-state index contributed by atoms with van der Waals surface area (Å²) in [7, 11) is 0. The van der Waals surface area contributed by atoms with Crippen LogP contribution in [0.5, 0.6) is 11.5 Å². The van der Waals surface area contributed by atoms with Crippen LogP contribution in [0.4, 0.5) is 4.79 Å². The van der Waals surface area contributed by atoms with Gasteiger partial charge >= 0.3 is 6.09 Å². The van der Waals surface area contributed by atoms with E-state index in [4.69, 9.17) is 18.7 Å². The third-order valence-electron chi connectivity index (χ3n) is 5.09. The van der Waals surface area contributed by atoms with Crippen molar-refractivity contribution in [2.24, 2.45) is 0 Å². The summed E-state index contributed by atoms with van der Waals surface area (Å²) in [5, 5.41) is 13.6. The molecular formula is C26H28N4O5. The van der Waals surface area contributed by atoms with Gasteiger partial charge in [-0.3, -0.25) is 0 Å². The zero-order chi connectivity index (χ0) is 25.2. The van der Waals surface area contributed by atoms with Crippen LogP contribution in [0.25, 0.3) is 22.8 Å². The van der Waals surface area contributed by atoms with Crippen molar-refractivity contribution in [1.82, 2.24) is 15.0 Å². The molecule has 0 atom stereocenters. The molecule has 9 heteroatoms. The third kappa shape index (κ3) is 5.72. The first kappa shape index (κ1) is 24.1. The molecule has 1 aromatic heterocycles. The number of nitrogens with zero attached hydrogens (tertiary/aromatic N) is 4. The van der Waals surface area contributed by atoms with Crippen molar-refractivity contribution >= 4 is 6.09 Å². The number of aromatic nitrogens is 2. The normalized spacial score (nSPS) is 13.5. The Morgan fingerprint density at radius 3 is 2.66 bits per heavy atom. The summed E-state index contributed by atoms with van der Waals surface area (Å²) in [5.74, 6) is 1.88. The van der Waals surface area contributed by atoms with Crippen LogP contribution in [0.3, 0.4) is 0 Å². The van der Waals surface area contributed by atoms with Crippen LogP contribution in [0, 0.1) is 11.3 Å². The summed E-state index contributed by atoms with van der Waals surface area (Å²) < 4.78 is 22.5. The zero-order valence-electron chi connectivity index (χ0n) is 20.5. The first-order valence-corrected chi connectivity index (χ1v) is 11.4. The van der Waals surface area contributed by atoms with Gasteiger partial charge in [-0.25, -0.2) is 4.79 Å². The molecule has 2 aromatic carbocycles. The standard InChI is InChI=1S/C26H28N4O5/c1-16(2)33-22-9-7-18(13-19(22)14-27)24-28-23(29-35-24)17-6-8-21-20(12-17)15-30(10-11-32-21)25(31)34-26(3,4)5/h6-9,12-13,16H,10-11,15H2,1-5H3. The fourth-order valence-electron chi connectivity index (χ4n) is 3.58. The number of nitriles is 1. The second-order valence-electron chi connectivity index (χ2n) is 9.49. The number of ether oxygens (including phenoxy) is 3. The van der Waals surface area contributed by atoms with E-state index in [-0.39, 0.29) is 18.1 Å². The van der Waals surface area contributed by atoms with Crippen LogP contribution in [0.15, 0.2) is 40.9 Å². The predicted molar refractivity (Wildman–Crippen MR) is 128 cm³/mol. The van der Waals surface area contributed by atoms with Gasteiger partial charge in [-0.1, -0.05) is 5.16 Å². The molecule has 0 saturated carbocycles. The highest BCUT2D eigenvalue weighted by atomic mass is 16.6.